The van der Waals surface area contributed by atoms with E-state index in [9.17, 15) is 0 Å². The van der Waals surface area contributed by atoms with E-state index in [0.29, 0.717) is 11.8 Å². The van der Waals surface area contributed by atoms with Crippen molar-refractivity contribution in [3.63, 3.8) is 0 Å². The highest BCUT2D eigenvalue weighted by molar-refractivity contribution is 6.12. The first-order valence-corrected chi connectivity index (χ1v) is 22.0. The van der Waals surface area contributed by atoms with Crippen LogP contribution in [0.5, 0.6) is 0 Å². The van der Waals surface area contributed by atoms with Gasteiger partial charge in [0.25, 0.3) is 0 Å². The topological polar surface area (TPSA) is 37.2 Å². The average Bonchev–Trinajstić information content (AvgIpc) is 3.83. The second-order valence-corrected chi connectivity index (χ2v) is 18.8. The molecule has 7 aromatic rings. The molecule has 6 aromatic carbocycles. The summed E-state index contributed by atoms with van der Waals surface area (Å²) >= 11 is 0. The zero-order valence-corrected chi connectivity index (χ0v) is 33.8. The van der Waals surface area contributed by atoms with E-state index in [4.69, 9.17) is 4.42 Å². The van der Waals surface area contributed by atoms with Gasteiger partial charge in [0.05, 0.1) is 6.04 Å². The molecule has 0 bridgehead atoms. The molecule has 2 saturated carbocycles. The second kappa shape index (κ2) is 12.3. The van der Waals surface area contributed by atoms with Crippen molar-refractivity contribution in [2.45, 2.75) is 75.4 Å². The number of hydrogen-bond acceptors (Lipinski definition) is 3. The van der Waals surface area contributed by atoms with E-state index in [0.717, 1.165) is 16.9 Å². The molecule has 0 radical (unpaired) electrons. The summed E-state index contributed by atoms with van der Waals surface area (Å²) in [6, 6.07) is 52.2. The molecule has 5 aliphatic carbocycles. The van der Waals surface area contributed by atoms with Gasteiger partial charge in [-0.2, -0.15) is 0 Å². The number of para-hydroxylation sites is 1. The predicted octanol–water partition coefficient (Wildman–Crippen LogP) is 13.9. The molecule has 0 saturated heterocycles. The summed E-state index contributed by atoms with van der Waals surface area (Å²) in [5, 5.41) is 8.82. The minimum Gasteiger partial charge on any atom is -0.440 e. The molecule has 2 fully saturated rings. The van der Waals surface area contributed by atoms with Crippen molar-refractivity contribution in [1.82, 2.24) is 5.32 Å². The summed E-state index contributed by atoms with van der Waals surface area (Å²) in [5.41, 5.74) is 22.3. The first-order chi connectivity index (χ1) is 29.0. The van der Waals surface area contributed by atoms with Crippen molar-refractivity contribution in [2.24, 2.45) is 11.8 Å². The largest absolute Gasteiger partial charge is 0.440 e. The number of nitrogens with one attached hydrogen (secondary N) is 2. The summed E-state index contributed by atoms with van der Waals surface area (Å²) in [6.07, 6.45) is 10.3. The number of benzene rings is 6. The third kappa shape index (κ3) is 4.86. The number of rotatable bonds is 4. The number of furan rings is 1. The quantitative estimate of drug-likeness (QED) is 0.187. The van der Waals surface area contributed by atoms with Gasteiger partial charge in [-0.05, 0) is 133 Å². The third-order valence-electron chi connectivity index (χ3n) is 15.3. The molecule has 1 spiro atoms. The third-order valence-corrected chi connectivity index (χ3v) is 15.3. The van der Waals surface area contributed by atoms with Gasteiger partial charge in [-0.25, -0.2) is 0 Å². The second-order valence-electron chi connectivity index (χ2n) is 18.8. The summed E-state index contributed by atoms with van der Waals surface area (Å²) in [5.74, 6) is 2.16. The van der Waals surface area contributed by atoms with Crippen molar-refractivity contribution in [3.05, 3.63) is 196 Å². The zero-order valence-electron chi connectivity index (χ0n) is 33.8. The minimum absolute atomic E-state index is 0.00617. The maximum Gasteiger partial charge on any atom is 0.200 e. The Morgan fingerprint density at radius 1 is 0.610 bits per heavy atom. The number of hydrogen-bond donors (Lipinski definition) is 2. The first-order valence-electron chi connectivity index (χ1n) is 22.0. The molecule has 4 unspecified atom stereocenters. The van der Waals surface area contributed by atoms with Gasteiger partial charge in [-0.3, -0.25) is 5.32 Å². The molecule has 0 amide bonds. The van der Waals surface area contributed by atoms with Crippen LogP contribution in [0.4, 0.5) is 5.88 Å². The highest BCUT2D eigenvalue weighted by Crippen LogP contribution is 2.66. The Morgan fingerprint density at radius 3 is 2.22 bits per heavy atom. The Labute approximate surface area is 346 Å². The summed E-state index contributed by atoms with van der Waals surface area (Å²) in [4.78, 5) is 0. The van der Waals surface area contributed by atoms with Crippen molar-refractivity contribution < 1.29 is 4.42 Å². The van der Waals surface area contributed by atoms with Crippen LogP contribution in [0.25, 0.3) is 44.4 Å². The number of fused-ring (bicyclic) bond motifs is 12. The van der Waals surface area contributed by atoms with Crippen LogP contribution in [0, 0.1) is 11.8 Å². The molecule has 2 N–H and O–H groups in total. The van der Waals surface area contributed by atoms with E-state index in [-0.39, 0.29) is 23.0 Å². The van der Waals surface area contributed by atoms with Gasteiger partial charge in [0.1, 0.15) is 11.7 Å². The minimum atomic E-state index is -0.121. The molecule has 13 rings (SSSR count). The average molecular weight is 765 g/mol. The Hall–Kier alpha value is -5.90. The number of anilines is 1. The van der Waals surface area contributed by atoms with Crippen LogP contribution in [0.3, 0.4) is 0 Å². The smallest absolute Gasteiger partial charge is 0.200 e. The van der Waals surface area contributed by atoms with Gasteiger partial charge < -0.3 is 9.73 Å². The lowest BCUT2D eigenvalue weighted by Gasteiger charge is -2.36. The van der Waals surface area contributed by atoms with Crippen LogP contribution < -0.4 is 10.6 Å². The lowest BCUT2D eigenvalue weighted by molar-refractivity contribution is 0.352. The fraction of sp³-hybridized carbons (Fsp3) is 0.250. The Bertz CT molecular complexity index is 2940. The van der Waals surface area contributed by atoms with Gasteiger partial charge in [0, 0.05) is 21.8 Å². The maximum absolute atomic E-state index is 6.46. The van der Waals surface area contributed by atoms with Crippen molar-refractivity contribution in [1.29, 1.82) is 0 Å². The van der Waals surface area contributed by atoms with E-state index >= 15 is 0 Å². The monoisotopic (exact) mass is 764 g/mol. The fourth-order valence-corrected chi connectivity index (χ4v) is 12.4. The lowest BCUT2D eigenvalue weighted by Crippen LogP contribution is -2.36. The van der Waals surface area contributed by atoms with Crippen LogP contribution >= 0.6 is 0 Å². The molecule has 3 heteroatoms. The van der Waals surface area contributed by atoms with E-state index in [1.54, 1.807) is 16.7 Å². The van der Waals surface area contributed by atoms with Crippen LogP contribution in [0.2, 0.25) is 0 Å². The first kappa shape index (κ1) is 34.0. The summed E-state index contributed by atoms with van der Waals surface area (Å²) < 4.78 is 6.46. The van der Waals surface area contributed by atoms with Crippen LogP contribution in [0.1, 0.15) is 109 Å². The molecular formula is C56H48N2O. The molecule has 288 valence electrons. The van der Waals surface area contributed by atoms with E-state index in [1.165, 1.54) is 105 Å². The summed E-state index contributed by atoms with van der Waals surface area (Å²) in [6.45, 7) is 5.03. The van der Waals surface area contributed by atoms with Crippen LogP contribution in [-0.2, 0) is 10.8 Å². The normalized spacial score (nSPS) is 23.7. The molecule has 1 aliphatic heterocycles. The van der Waals surface area contributed by atoms with E-state index < -0.39 is 0 Å². The van der Waals surface area contributed by atoms with Gasteiger partial charge in [-0.15, -0.1) is 0 Å². The van der Waals surface area contributed by atoms with Crippen LogP contribution in [0.15, 0.2) is 156 Å². The molecule has 4 atom stereocenters. The highest BCUT2D eigenvalue weighted by Gasteiger charge is 2.54. The van der Waals surface area contributed by atoms with Crippen molar-refractivity contribution in [2.75, 3.05) is 5.32 Å². The summed E-state index contributed by atoms with van der Waals surface area (Å²) in [7, 11) is 0. The maximum atomic E-state index is 6.46. The van der Waals surface area contributed by atoms with Gasteiger partial charge >= 0.3 is 0 Å². The number of allylic oxidation sites excluding steroid dienone is 4. The van der Waals surface area contributed by atoms with Crippen molar-refractivity contribution >= 4 is 28.0 Å². The predicted molar refractivity (Wildman–Crippen MR) is 241 cm³/mol. The zero-order chi connectivity index (χ0) is 39.0. The van der Waals surface area contributed by atoms with E-state index in [1.807, 2.05) is 6.07 Å². The molecule has 3 nitrogen and oxygen atoms in total. The lowest BCUT2D eigenvalue weighted by atomic mass is 9.67. The molecule has 59 heavy (non-hydrogen) atoms. The molecule has 2 heterocycles. The van der Waals surface area contributed by atoms with Crippen molar-refractivity contribution in [3.8, 4) is 22.3 Å². The Morgan fingerprint density at radius 2 is 1.36 bits per heavy atom. The fourth-order valence-electron chi connectivity index (χ4n) is 12.4. The van der Waals surface area contributed by atoms with Gasteiger partial charge in [0.2, 0.25) is 5.88 Å². The highest BCUT2D eigenvalue weighted by atomic mass is 16.4. The molecular weight excluding hydrogens is 717 g/mol. The standard InChI is InChI=1S/C56H48N2O/c1-55(2)46-31-43-39-18-7-9-20-45(39)56(26-11-4-12-27-56)47(43)32-44(46)49-41(29-38-30-42(38)51(49)55)34-24-22-33(23-25-34)36-16-13-17-37(28-36)53-57-52(35-14-5-3-6-15-35)50-40-19-8-10-21-48(40)59-54(50)58-53/h3,5-10,13-25,28-29,31-32,38,42,52-53,57-58H,4,11-12,26-27,30H2,1-2H3. The Balaban J connectivity index is 0.854. The van der Waals surface area contributed by atoms with Gasteiger partial charge in [0.15, 0.2) is 0 Å². The van der Waals surface area contributed by atoms with Crippen LogP contribution in [-0.4, -0.2) is 0 Å². The SMILES string of the molecule is CC1(C)C2=C(C(c3ccc(-c4cccc(C5Nc6oc7ccccc7c6C(c6ccccc6)N5)c4)cc3)=CC3CC23)c2cc3c(cc21)-c1ccccc1C31CCCCC1. The van der Waals surface area contributed by atoms with E-state index in [2.05, 4.69) is 164 Å². The van der Waals surface area contributed by atoms with Gasteiger partial charge in [-0.1, -0.05) is 154 Å². The Kier molecular flexibility index (Phi) is 7.10. The molecule has 6 aliphatic rings. The molecule has 1 aromatic heterocycles.